The number of rotatable bonds is 3. The topological polar surface area (TPSA) is 21.3 Å². The van der Waals surface area contributed by atoms with E-state index in [1.54, 1.807) is 7.11 Å². The maximum Gasteiger partial charge on any atom is 0.119 e. The van der Waals surface area contributed by atoms with Gasteiger partial charge in [-0.05, 0) is 60.7 Å². The lowest BCUT2D eigenvalue weighted by Gasteiger charge is -2.25. The number of ether oxygens (including phenoxy) is 1. The highest BCUT2D eigenvalue weighted by molar-refractivity contribution is 5.69. The van der Waals surface area contributed by atoms with Crippen molar-refractivity contribution in [3.8, 4) is 16.9 Å². The smallest absolute Gasteiger partial charge is 0.119 e. The minimum atomic E-state index is 0.665. The molecular formula is C18H21NO. The van der Waals surface area contributed by atoms with Crippen molar-refractivity contribution in [2.24, 2.45) is 0 Å². The molecule has 0 radical (unpaired) electrons. The molecule has 1 fully saturated rings. The average Bonchev–Trinajstić information content (AvgIpc) is 2.56. The van der Waals surface area contributed by atoms with Crippen LogP contribution in [-0.4, -0.2) is 20.2 Å². The maximum absolute atomic E-state index is 5.35. The van der Waals surface area contributed by atoms with Gasteiger partial charge in [-0.15, -0.1) is 0 Å². The second-order valence-corrected chi connectivity index (χ2v) is 5.34. The van der Waals surface area contributed by atoms with Gasteiger partial charge in [-0.2, -0.15) is 0 Å². The SMILES string of the molecule is COc1cccc(-c2ccccc2C2CCNCC2)c1. The zero-order valence-corrected chi connectivity index (χ0v) is 11.9. The largest absolute Gasteiger partial charge is 0.497 e. The molecule has 3 rings (SSSR count). The second kappa shape index (κ2) is 6.10. The van der Waals surface area contributed by atoms with E-state index in [9.17, 15) is 0 Å². The van der Waals surface area contributed by atoms with E-state index in [1.165, 1.54) is 29.5 Å². The van der Waals surface area contributed by atoms with E-state index in [-0.39, 0.29) is 0 Å². The third kappa shape index (κ3) is 2.70. The summed E-state index contributed by atoms with van der Waals surface area (Å²) in [6.45, 7) is 2.24. The maximum atomic E-state index is 5.35. The summed E-state index contributed by atoms with van der Waals surface area (Å²) in [6, 6.07) is 17.1. The molecule has 0 atom stereocenters. The number of nitrogens with one attached hydrogen (secondary N) is 1. The predicted octanol–water partition coefficient (Wildman–Crippen LogP) is 3.83. The van der Waals surface area contributed by atoms with Crippen LogP contribution in [0.5, 0.6) is 5.75 Å². The Balaban J connectivity index is 1.99. The lowest BCUT2D eigenvalue weighted by molar-refractivity contribution is 0.415. The van der Waals surface area contributed by atoms with Crippen LogP contribution in [-0.2, 0) is 0 Å². The van der Waals surface area contributed by atoms with Gasteiger partial charge < -0.3 is 10.1 Å². The molecule has 1 N–H and O–H groups in total. The van der Waals surface area contributed by atoms with Crippen molar-refractivity contribution < 1.29 is 4.74 Å². The van der Waals surface area contributed by atoms with Gasteiger partial charge >= 0.3 is 0 Å². The number of methoxy groups -OCH3 is 1. The molecule has 2 aromatic carbocycles. The van der Waals surface area contributed by atoms with Gasteiger partial charge in [0.05, 0.1) is 7.11 Å². The molecule has 1 aliphatic rings. The Bertz CT molecular complexity index is 573. The van der Waals surface area contributed by atoms with E-state index in [0.29, 0.717) is 5.92 Å². The van der Waals surface area contributed by atoms with E-state index in [2.05, 4.69) is 47.8 Å². The van der Waals surface area contributed by atoms with Gasteiger partial charge in [0.1, 0.15) is 5.75 Å². The standard InChI is InChI=1S/C18H21NO/c1-20-16-6-4-5-15(13-16)18-8-3-2-7-17(18)14-9-11-19-12-10-14/h2-8,13-14,19H,9-12H2,1H3. The molecule has 0 amide bonds. The first-order valence-corrected chi connectivity index (χ1v) is 7.32. The molecule has 0 saturated carbocycles. The third-order valence-corrected chi connectivity index (χ3v) is 4.12. The summed E-state index contributed by atoms with van der Waals surface area (Å²) in [5, 5.41) is 3.44. The molecule has 2 heteroatoms. The first-order valence-electron chi connectivity index (χ1n) is 7.32. The minimum Gasteiger partial charge on any atom is -0.497 e. The lowest BCUT2D eigenvalue weighted by Crippen LogP contribution is -2.26. The molecule has 2 nitrogen and oxygen atoms in total. The monoisotopic (exact) mass is 267 g/mol. The molecule has 1 aliphatic heterocycles. The Kier molecular flexibility index (Phi) is 4.03. The highest BCUT2D eigenvalue weighted by Gasteiger charge is 2.18. The number of hydrogen-bond donors (Lipinski definition) is 1. The van der Waals surface area contributed by atoms with Crippen molar-refractivity contribution in [1.29, 1.82) is 0 Å². The van der Waals surface area contributed by atoms with Crippen LogP contribution < -0.4 is 10.1 Å². The summed E-state index contributed by atoms with van der Waals surface area (Å²) >= 11 is 0. The van der Waals surface area contributed by atoms with Gasteiger partial charge in [-0.25, -0.2) is 0 Å². The number of hydrogen-bond acceptors (Lipinski definition) is 2. The van der Waals surface area contributed by atoms with E-state index in [1.807, 2.05) is 6.07 Å². The van der Waals surface area contributed by atoms with Crippen LogP contribution in [0, 0.1) is 0 Å². The summed E-state index contributed by atoms with van der Waals surface area (Å²) in [6.07, 6.45) is 2.45. The first-order chi connectivity index (χ1) is 9.88. The zero-order valence-electron chi connectivity index (χ0n) is 11.9. The number of piperidine rings is 1. The summed E-state index contributed by atoms with van der Waals surface area (Å²) in [7, 11) is 1.72. The highest BCUT2D eigenvalue weighted by Crippen LogP contribution is 2.34. The fourth-order valence-corrected chi connectivity index (χ4v) is 3.04. The first kappa shape index (κ1) is 13.2. The van der Waals surface area contributed by atoms with E-state index in [4.69, 9.17) is 4.74 Å². The van der Waals surface area contributed by atoms with Gasteiger partial charge in [-0.3, -0.25) is 0 Å². The van der Waals surface area contributed by atoms with Crippen LogP contribution in [0.25, 0.3) is 11.1 Å². The van der Waals surface area contributed by atoms with E-state index in [0.717, 1.165) is 18.8 Å². The Hall–Kier alpha value is -1.80. The average molecular weight is 267 g/mol. The quantitative estimate of drug-likeness (QED) is 0.912. The van der Waals surface area contributed by atoms with Crippen molar-refractivity contribution in [3.05, 3.63) is 54.1 Å². The zero-order chi connectivity index (χ0) is 13.8. The van der Waals surface area contributed by atoms with Gasteiger partial charge in [0.2, 0.25) is 0 Å². The Labute approximate surface area is 120 Å². The van der Waals surface area contributed by atoms with E-state index >= 15 is 0 Å². The Morgan fingerprint density at radius 1 is 1.00 bits per heavy atom. The molecule has 0 unspecified atom stereocenters. The fraction of sp³-hybridized carbons (Fsp3) is 0.333. The molecule has 2 aromatic rings. The lowest BCUT2D eigenvalue weighted by atomic mass is 9.85. The van der Waals surface area contributed by atoms with Crippen LogP contribution in [0.15, 0.2) is 48.5 Å². The summed E-state index contributed by atoms with van der Waals surface area (Å²) in [4.78, 5) is 0. The second-order valence-electron chi connectivity index (χ2n) is 5.34. The van der Waals surface area contributed by atoms with Crippen molar-refractivity contribution in [3.63, 3.8) is 0 Å². The van der Waals surface area contributed by atoms with Crippen LogP contribution in [0.4, 0.5) is 0 Å². The van der Waals surface area contributed by atoms with E-state index < -0.39 is 0 Å². The fourth-order valence-electron chi connectivity index (χ4n) is 3.04. The Morgan fingerprint density at radius 3 is 2.60 bits per heavy atom. The van der Waals surface area contributed by atoms with Gasteiger partial charge in [0.15, 0.2) is 0 Å². The molecule has 104 valence electrons. The Morgan fingerprint density at radius 2 is 1.80 bits per heavy atom. The molecule has 1 saturated heterocycles. The van der Waals surface area contributed by atoms with Gasteiger partial charge in [0, 0.05) is 0 Å². The molecule has 0 spiro atoms. The third-order valence-electron chi connectivity index (χ3n) is 4.12. The van der Waals surface area contributed by atoms with Crippen molar-refractivity contribution in [2.45, 2.75) is 18.8 Å². The predicted molar refractivity (Wildman–Crippen MR) is 83.3 cm³/mol. The van der Waals surface area contributed by atoms with Gasteiger partial charge in [0.25, 0.3) is 0 Å². The molecule has 20 heavy (non-hydrogen) atoms. The summed E-state index contributed by atoms with van der Waals surface area (Å²) in [5.41, 5.74) is 4.07. The number of benzene rings is 2. The normalized spacial score (nSPS) is 16.1. The van der Waals surface area contributed by atoms with Crippen LogP contribution in [0.1, 0.15) is 24.3 Å². The summed E-state index contributed by atoms with van der Waals surface area (Å²) < 4.78 is 5.35. The van der Waals surface area contributed by atoms with Crippen molar-refractivity contribution in [1.82, 2.24) is 5.32 Å². The van der Waals surface area contributed by atoms with Crippen molar-refractivity contribution in [2.75, 3.05) is 20.2 Å². The summed E-state index contributed by atoms with van der Waals surface area (Å²) in [5.74, 6) is 1.58. The molecule has 0 bridgehead atoms. The van der Waals surface area contributed by atoms with Crippen LogP contribution in [0.3, 0.4) is 0 Å². The molecule has 0 aliphatic carbocycles. The molecule has 0 aromatic heterocycles. The van der Waals surface area contributed by atoms with Crippen LogP contribution >= 0.6 is 0 Å². The van der Waals surface area contributed by atoms with Crippen LogP contribution in [0.2, 0.25) is 0 Å². The highest BCUT2D eigenvalue weighted by atomic mass is 16.5. The van der Waals surface area contributed by atoms with Crippen molar-refractivity contribution >= 4 is 0 Å². The minimum absolute atomic E-state index is 0.665. The molecular weight excluding hydrogens is 246 g/mol. The molecule has 1 heterocycles. The van der Waals surface area contributed by atoms with Gasteiger partial charge in [-0.1, -0.05) is 36.4 Å².